The van der Waals surface area contributed by atoms with Crippen LogP contribution in [0.15, 0.2) is 70.3 Å². The molecule has 2 aromatic heterocycles. The second-order valence-corrected chi connectivity index (χ2v) is 8.85. The summed E-state index contributed by atoms with van der Waals surface area (Å²) >= 11 is 1.26. The molecule has 0 aliphatic rings. The van der Waals surface area contributed by atoms with E-state index in [1.807, 2.05) is 30.3 Å². The molecule has 0 radical (unpaired) electrons. The summed E-state index contributed by atoms with van der Waals surface area (Å²) in [6.07, 6.45) is -2.08. The zero-order valence-corrected chi connectivity index (χ0v) is 18.0. The number of fused-ring (bicyclic) bond motifs is 1. The molecule has 0 aliphatic heterocycles. The number of nitrogens with zero attached hydrogens (tertiary/aromatic N) is 1. The monoisotopic (exact) mass is 449 g/mol. The maximum atomic E-state index is 13.1. The number of ether oxygens (including phenoxy) is 1. The van der Waals surface area contributed by atoms with Crippen LogP contribution in [0.2, 0.25) is 0 Å². The first kappa shape index (κ1) is 22.9. The van der Waals surface area contributed by atoms with Gasteiger partial charge < -0.3 is 9.15 Å². The lowest BCUT2D eigenvalue weighted by Crippen LogP contribution is -2.33. The number of alkyl halides is 3. The minimum Gasteiger partial charge on any atom is -0.462 e. The van der Waals surface area contributed by atoms with Gasteiger partial charge in [0.2, 0.25) is 0 Å². The van der Waals surface area contributed by atoms with Crippen LogP contribution in [0.5, 0.6) is 0 Å². The van der Waals surface area contributed by atoms with Gasteiger partial charge in [0.15, 0.2) is 0 Å². The van der Waals surface area contributed by atoms with Crippen molar-refractivity contribution in [3.63, 3.8) is 0 Å². The van der Waals surface area contributed by atoms with E-state index in [9.17, 15) is 18.0 Å². The average Bonchev–Trinajstić information content (AvgIpc) is 3.13. The molecule has 0 spiro atoms. The summed E-state index contributed by atoms with van der Waals surface area (Å²) in [5, 5.41) is 0.886. The molecule has 0 saturated heterocycles. The van der Waals surface area contributed by atoms with E-state index >= 15 is 0 Å². The largest absolute Gasteiger partial charge is 0.462 e. The number of pyridine rings is 1. The van der Waals surface area contributed by atoms with Crippen LogP contribution in [-0.2, 0) is 9.53 Å². The molecule has 4 nitrogen and oxygen atoms in total. The number of esters is 1. The lowest BCUT2D eigenvalue weighted by Gasteiger charge is -2.29. The Morgan fingerprint density at radius 3 is 2.68 bits per heavy atom. The van der Waals surface area contributed by atoms with Crippen molar-refractivity contribution in [2.45, 2.75) is 31.3 Å². The van der Waals surface area contributed by atoms with Crippen LogP contribution >= 0.6 is 11.8 Å². The Hall–Kier alpha value is -2.74. The number of hydrogen-bond donors (Lipinski definition) is 0. The van der Waals surface area contributed by atoms with Crippen molar-refractivity contribution < 1.29 is 27.1 Å². The summed E-state index contributed by atoms with van der Waals surface area (Å²) < 4.78 is 50.4. The first-order valence-corrected chi connectivity index (χ1v) is 10.5. The number of aromatic nitrogens is 1. The fraction of sp³-hybridized carbons (Fsp3) is 0.304. The number of benzene rings is 1. The average molecular weight is 449 g/mol. The summed E-state index contributed by atoms with van der Waals surface area (Å²) in [4.78, 5) is 16.5. The first-order valence-electron chi connectivity index (χ1n) is 9.51. The third-order valence-electron chi connectivity index (χ3n) is 4.55. The molecular formula is C23H22F3NO3S. The second kappa shape index (κ2) is 9.18. The van der Waals surface area contributed by atoms with Gasteiger partial charge in [0.05, 0.1) is 13.0 Å². The lowest BCUT2D eigenvalue weighted by molar-refractivity contribution is -0.166. The van der Waals surface area contributed by atoms with Crippen LogP contribution < -0.4 is 0 Å². The summed E-state index contributed by atoms with van der Waals surface area (Å²) in [5.41, 5.74) is 0.335. The predicted octanol–water partition coefficient (Wildman–Crippen LogP) is 6.66. The van der Waals surface area contributed by atoms with Crippen LogP contribution in [0.4, 0.5) is 13.2 Å². The summed E-state index contributed by atoms with van der Waals surface area (Å²) in [7, 11) is 0. The zero-order chi connectivity index (χ0) is 22.6. The van der Waals surface area contributed by atoms with Crippen LogP contribution in [0.3, 0.4) is 0 Å². The normalized spacial score (nSPS) is 13.7. The van der Waals surface area contributed by atoms with Gasteiger partial charge >= 0.3 is 12.1 Å². The van der Waals surface area contributed by atoms with Gasteiger partial charge in [-0.1, -0.05) is 13.5 Å². The Kier molecular flexibility index (Phi) is 6.79. The molecular weight excluding hydrogens is 427 g/mol. The summed E-state index contributed by atoms with van der Waals surface area (Å²) in [6.45, 7) is 6.03. The molecule has 1 aromatic carbocycles. The highest BCUT2D eigenvalue weighted by atomic mass is 32.2. The molecule has 8 heteroatoms. The van der Waals surface area contributed by atoms with E-state index < -0.39 is 24.0 Å². The molecule has 164 valence electrons. The minimum absolute atomic E-state index is 0.109. The standard InChI is InChI=1S/C23H22F3NO3S/c1-15(2)21(28)29-13-22(3,12-23(24,25)26)14-31-18-7-6-16-9-19(30-20(16)10-18)17-5-4-8-27-11-17/h4-11H,1,12-14H2,2-3H3. The van der Waals surface area contributed by atoms with Crippen molar-refractivity contribution in [3.05, 3.63) is 60.9 Å². The maximum Gasteiger partial charge on any atom is 0.389 e. The molecule has 0 aliphatic carbocycles. The first-order chi connectivity index (χ1) is 14.5. The van der Waals surface area contributed by atoms with E-state index in [-0.39, 0.29) is 17.9 Å². The Morgan fingerprint density at radius 2 is 2.03 bits per heavy atom. The van der Waals surface area contributed by atoms with Gasteiger partial charge in [-0.3, -0.25) is 4.98 Å². The van der Waals surface area contributed by atoms with Gasteiger partial charge in [-0.05, 0) is 43.3 Å². The minimum atomic E-state index is -4.38. The number of rotatable bonds is 8. The number of furan rings is 1. The molecule has 0 N–H and O–H groups in total. The van der Waals surface area contributed by atoms with Crippen LogP contribution in [0, 0.1) is 5.41 Å². The Balaban J connectivity index is 1.75. The highest BCUT2D eigenvalue weighted by Crippen LogP contribution is 2.39. The fourth-order valence-corrected chi connectivity index (χ4v) is 4.06. The van der Waals surface area contributed by atoms with Crippen LogP contribution in [0.25, 0.3) is 22.3 Å². The molecule has 1 unspecified atom stereocenters. The third kappa shape index (κ3) is 6.37. The van der Waals surface area contributed by atoms with Crippen molar-refractivity contribution >= 4 is 28.7 Å². The van der Waals surface area contributed by atoms with E-state index in [2.05, 4.69) is 11.6 Å². The van der Waals surface area contributed by atoms with E-state index in [0.717, 1.165) is 15.8 Å². The van der Waals surface area contributed by atoms with E-state index in [4.69, 9.17) is 9.15 Å². The van der Waals surface area contributed by atoms with Gasteiger partial charge in [0.25, 0.3) is 0 Å². The number of carbonyl (C=O) groups is 1. The highest BCUT2D eigenvalue weighted by molar-refractivity contribution is 7.99. The Bertz CT molecular complexity index is 1080. The molecule has 0 amide bonds. The Morgan fingerprint density at radius 1 is 1.26 bits per heavy atom. The van der Waals surface area contributed by atoms with E-state index in [1.165, 1.54) is 25.6 Å². The van der Waals surface area contributed by atoms with Crippen molar-refractivity contribution in [2.75, 3.05) is 12.4 Å². The molecule has 0 saturated carbocycles. The quantitative estimate of drug-likeness (QED) is 0.219. The van der Waals surface area contributed by atoms with Gasteiger partial charge in [0.1, 0.15) is 11.3 Å². The highest BCUT2D eigenvalue weighted by Gasteiger charge is 2.40. The molecule has 1 atom stereocenters. The van der Waals surface area contributed by atoms with Crippen molar-refractivity contribution in [1.29, 1.82) is 0 Å². The molecule has 31 heavy (non-hydrogen) atoms. The van der Waals surface area contributed by atoms with Crippen molar-refractivity contribution in [1.82, 2.24) is 4.98 Å². The number of carbonyl (C=O) groups excluding carboxylic acids is 1. The third-order valence-corrected chi connectivity index (χ3v) is 5.98. The SMILES string of the molecule is C=C(C)C(=O)OCC(C)(CSc1ccc2cc(-c3cccnc3)oc2c1)CC(F)(F)F. The van der Waals surface area contributed by atoms with Crippen molar-refractivity contribution in [3.8, 4) is 11.3 Å². The number of halogens is 3. The smallest absolute Gasteiger partial charge is 0.389 e. The zero-order valence-electron chi connectivity index (χ0n) is 17.2. The summed E-state index contributed by atoms with van der Waals surface area (Å²) in [5.74, 6) is 0.0784. The number of thioether (sulfide) groups is 1. The molecule has 3 rings (SSSR count). The predicted molar refractivity (Wildman–Crippen MR) is 115 cm³/mol. The lowest BCUT2D eigenvalue weighted by atomic mass is 9.90. The summed E-state index contributed by atoms with van der Waals surface area (Å²) in [6, 6.07) is 11.1. The van der Waals surface area contributed by atoms with Gasteiger partial charge in [-0.25, -0.2) is 4.79 Å². The number of hydrogen-bond acceptors (Lipinski definition) is 5. The van der Waals surface area contributed by atoms with E-state index in [0.29, 0.717) is 11.3 Å². The van der Waals surface area contributed by atoms with E-state index in [1.54, 1.807) is 18.5 Å². The second-order valence-electron chi connectivity index (χ2n) is 7.80. The topological polar surface area (TPSA) is 52.3 Å². The molecule has 0 bridgehead atoms. The molecule has 3 aromatic rings. The van der Waals surface area contributed by atoms with Crippen LogP contribution in [0.1, 0.15) is 20.3 Å². The van der Waals surface area contributed by atoms with Gasteiger partial charge in [0, 0.05) is 45.0 Å². The van der Waals surface area contributed by atoms with Gasteiger partial charge in [-0.15, -0.1) is 11.8 Å². The molecule has 0 fully saturated rings. The van der Waals surface area contributed by atoms with Crippen molar-refractivity contribution in [2.24, 2.45) is 5.41 Å². The molecule has 2 heterocycles. The van der Waals surface area contributed by atoms with Gasteiger partial charge in [-0.2, -0.15) is 13.2 Å². The Labute approximate surface area is 182 Å². The fourth-order valence-electron chi connectivity index (χ4n) is 3.00. The maximum absolute atomic E-state index is 13.1. The van der Waals surface area contributed by atoms with Crippen LogP contribution in [-0.4, -0.2) is 29.5 Å².